The predicted octanol–water partition coefficient (Wildman–Crippen LogP) is 4.15. The molecule has 0 spiro atoms. The van der Waals surface area contributed by atoms with Crippen molar-refractivity contribution in [3.63, 3.8) is 0 Å². The Morgan fingerprint density at radius 1 is 0.750 bits per heavy atom. The Morgan fingerprint density at radius 2 is 1.17 bits per heavy atom. The fourth-order valence-electron chi connectivity index (χ4n) is 2.73. The van der Waals surface area contributed by atoms with Crippen molar-refractivity contribution in [1.29, 1.82) is 0 Å². The fourth-order valence-corrected chi connectivity index (χ4v) is 7.34. The first-order valence-corrected chi connectivity index (χ1v) is 13.9. The van der Waals surface area contributed by atoms with Crippen LogP contribution in [0.2, 0.25) is 0 Å². The van der Waals surface area contributed by atoms with E-state index >= 15 is 0 Å². The maximum Gasteiger partial charge on any atom is 0.150 e. The number of thioether (sulfide) groups is 1. The van der Waals surface area contributed by atoms with Crippen LogP contribution in [0.1, 0.15) is 59.3 Å². The smallest absolute Gasteiger partial charge is 0.150 e. The molecule has 3 aliphatic heterocycles. The van der Waals surface area contributed by atoms with Gasteiger partial charge in [-0.05, 0) is 67.8 Å². The summed E-state index contributed by atoms with van der Waals surface area (Å²) in [4.78, 5) is 0. The summed E-state index contributed by atoms with van der Waals surface area (Å²) in [5, 5.41) is 0. The fraction of sp³-hybridized carbons (Fsp3) is 1.00. The lowest BCUT2D eigenvalue weighted by molar-refractivity contribution is 0.500. The molecule has 3 rings (SSSR count). The molecule has 0 radical (unpaired) electrons. The first kappa shape index (κ1) is 22.5. The molecule has 0 aromatic carbocycles. The molecule has 0 amide bonds. The lowest BCUT2D eigenvalue weighted by Gasteiger charge is -2.16. The van der Waals surface area contributed by atoms with Crippen LogP contribution in [0.25, 0.3) is 0 Å². The van der Waals surface area contributed by atoms with Gasteiger partial charge in [-0.15, -0.1) is 0 Å². The van der Waals surface area contributed by atoms with E-state index in [0.717, 1.165) is 36.2 Å². The van der Waals surface area contributed by atoms with Gasteiger partial charge in [0.25, 0.3) is 0 Å². The van der Waals surface area contributed by atoms with Crippen molar-refractivity contribution >= 4 is 32.4 Å². The number of rotatable bonds is 0. The Labute approximate surface area is 156 Å². The van der Waals surface area contributed by atoms with Gasteiger partial charge >= 0.3 is 0 Å². The van der Waals surface area contributed by atoms with E-state index in [2.05, 4.69) is 32.5 Å². The largest absolute Gasteiger partial charge is 0.260 e. The molecular weight excluding hydrogens is 360 g/mol. The highest BCUT2D eigenvalue weighted by Gasteiger charge is 2.19. The zero-order valence-corrected chi connectivity index (χ0v) is 18.1. The van der Waals surface area contributed by atoms with Crippen LogP contribution in [0.15, 0.2) is 0 Å². The quantitative estimate of drug-likeness (QED) is 0.617. The van der Waals surface area contributed by atoms with Gasteiger partial charge < -0.3 is 0 Å². The molecule has 0 aromatic rings. The van der Waals surface area contributed by atoms with Crippen LogP contribution in [0.3, 0.4) is 0 Å². The van der Waals surface area contributed by atoms with Gasteiger partial charge in [-0.1, -0.05) is 20.8 Å². The van der Waals surface area contributed by atoms with Crippen molar-refractivity contribution in [3.05, 3.63) is 0 Å². The number of sulfone groups is 1. The lowest BCUT2D eigenvalue weighted by atomic mass is 10.1. The maximum atomic E-state index is 10.8. The van der Waals surface area contributed by atoms with Gasteiger partial charge in [0, 0.05) is 22.3 Å². The second kappa shape index (κ2) is 11.9. The van der Waals surface area contributed by atoms with E-state index in [1.807, 2.05) is 0 Å². The summed E-state index contributed by atoms with van der Waals surface area (Å²) >= 11 is 2.10. The zero-order chi connectivity index (χ0) is 18.0. The Kier molecular flexibility index (Phi) is 11.2. The Bertz CT molecular complexity index is 432. The summed E-state index contributed by atoms with van der Waals surface area (Å²) in [7, 11) is -3.08. The topological polar surface area (TPSA) is 51.2 Å². The minimum Gasteiger partial charge on any atom is -0.260 e. The molecule has 3 fully saturated rings. The molecule has 3 nitrogen and oxygen atoms in total. The van der Waals surface area contributed by atoms with Crippen molar-refractivity contribution in [2.24, 2.45) is 17.8 Å². The average Bonchev–Trinajstić information content (AvgIpc) is 2.55. The normalized spacial score (nSPS) is 31.1. The van der Waals surface area contributed by atoms with Crippen LogP contribution < -0.4 is 0 Å². The van der Waals surface area contributed by atoms with Gasteiger partial charge in [-0.3, -0.25) is 4.21 Å². The van der Waals surface area contributed by atoms with Crippen molar-refractivity contribution in [2.45, 2.75) is 59.3 Å². The van der Waals surface area contributed by atoms with Crippen molar-refractivity contribution < 1.29 is 12.6 Å². The van der Waals surface area contributed by atoms with E-state index in [9.17, 15) is 12.6 Å². The summed E-state index contributed by atoms with van der Waals surface area (Å²) in [6, 6.07) is 0. The molecular formula is C18H36O3S3. The molecule has 6 heteroatoms. The highest BCUT2D eigenvalue weighted by atomic mass is 32.2. The lowest BCUT2D eigenvalue weighted by Crippen LogP contribution is -2.21. The van der Waals surface area contributed by atoms with Crippen molar-refractivity contribution in [1.82, 2.24) is 0 Å². The molecule has 0 N–H and O–H groups in total. The minimum absolute atomic E-state index is 0.411. The first-order valence-electron chi connectivity index (χ1n) is 9.41. The molecule has 3 heterocycles. The molecule has 0 bridgehead atoms. The molecule has 3 aliphatic rings. The van der Waals surface area contributed by atoms with E-state index in [0.29, 0.717) is 17.4 Å². The third kappa shape index (κ3) is 11.1. The van der Waals surface area contributed by atoms with E-state index in [1.54, 1.807) is 0 Å². The molecule has 0 unspecified atom stereocenters. The Balaban J connectivity index is 0.000000181. The molecule has 0 aromatic heterocycles. The Morgan fingerprint density at radius 3 is 1.50 bits per heavy atom. The molecule has 144 valence electrons. The third-order valence-electron chi connectivity index (χ3n) is 5.03. The summed E-state index contributed by atoms with van der Waals surface area (Å²) in [6.07, 6.45) is 6.97. The van der Waals surface area contributed by atoms with E-state index < -0.39 is 20.6 Å². The van der Waals surface area contributed by atoms with Crippen LogP contribution in [0, 0.1) is 17.8 Å². The van der Waals surface area contributed by atoms with E-state index in [1.165, 1.54) is 37.2 Å². The monoisotopic (exact) mass is 396 g/mol. The molecule has 0 atom stereocenters. The van der Waals surface area contributed by atoms with Crippen molar-refractivity contribution in [2.75, 3.05) is 34.5 Å². The second-order valence-electron chi connectivity index (χ2n) is 7.66. The highest BCUT2D eigenvalue weighted by Crippen LogP contribution is 2.21. The minimum atomic E-state index is -2.62. The van der Waals surface area contributed by atoms with Gasteiger partial charge in [0.05, 0.1) is 11.5 Å². The summed E-state index contributed by atoms with van der Waals surface area (Å²) < 4.78 is 32.3. The predicted molar refractivity (Wildman–Crippen MR) is 109 cm³/mol. The van der Waals surface area contributed by atoms with Gasteiger partial charge in [0.2, 0.25) is 0 Å². The summed E-state index contributed by atoms with van der Waals surface area (Å²) in [5.41, 5.74) is 0. The van der Waals surface area contributed by atoms with Crippen LogP contribution in [-0.4, -0.2) is 47.1 Å². The van der Waals surface area contributed by atoms with Crippen LogP contribution in [0.5, 0.6) is 0 Å². The SMILES string of the molecule is CC1CCS(=O)(=O)CC1.CC1CCS(=O)CC1.CC1CCSCC1. The van der Waals surface area contributed by atoms with Crippen LogP contribution in [-0.2, 0) is 20.6 Å². The molecule has 0 aliphatic carbocycles. The van der Waals surface area contributed by atoms with Gasteiger partial charge in [-0.25, -0.2) is 8.42 Å². The van der Waals surface area contributed by atoms with E-state index in [4.69, 9.17) is 0 Å². The second-order valence-corrected chi connectivity index (χ2v) is 12.9. The van der Waals surface area contributed by atoms with Crippen LogP contribution >= 0.6 is 11.8 Å². The summed E-state index contributed by atoms with van der Waals surface area (Å²) in [5.74, 6) is 7.98. The maximum absolute atomic E-state index is 10.8. The van der Waals surface area contributed by atoms with Gasteiger partial charge in [0.15, 0.2) is 0 Å². The van der Waals surface area contributed by atoms with Crippen LogP contribution in [0.4, 0.5) is 0 Å². The van der Waals surface area contributed by atoms with E-state index in [-0.39, 0.29) is 0 Å². The Hall–Kier alpha value is 0.450. The number of hydrogen-bond donors (Lipinski definition) is 0. The summed E-state index contributed by atoms with van der Waals surface area (Å²) in [6.45, 7) is 6.69. The van der Waals surface area contributed by atoms with Gasteiger partial charge in [0.1, 0.15) is 9.84 Å². The number of hydrogen-bond acceptors (Lipinski definition) is 4. The molecule has 0 saturated carbocycles. The first-order chi connectivity index (χ1) is 11.3. The highest BCUT2D eigenvalue weighted by molar-refractivity contribution is 7.99. The zero-order valence-electron chi connectivity index (χ0n) is 15.7. The molecule has 3 saturated heterocycles. The van der Waals surface area contributed by atoms with Crippen molar-refractivity contribution in [3.8, 4) is 0 Å². The molecule has 24 heavy (non-hydrogen) atoms. The average molecular weight is 397 g/mol. The standard InChI is InChI=1S/C6H12O2S.C6H12OS.C6H12S/c1-6-2-4-9(7,8)5-3-6;1-6-2-4-8(7)5-3-6;1-6-2-4-7-5-3-6/h6H,2-5H2,1H3;6H,2-5H2,1H3;6H,2-5H2,1H3. The van der Waals surface area contributed by atoms with Gasteiger partial charge in [-0.2, -0.15) is 11.8 Å². The third-order valence-corrected chi connectivity index (χ3v) is 9.18.